The number of nitrogens with zero attached hydrogens (tertiary/aromatic N) is 2. The van der Waals surface area contributed by atoms with Crippen LogP contribution in [-0.2, 0) is 7.05 Å². The van der Waals surface area contributed by atoms with Crippen molar-refractivity contribution >= 4 is 33.6 Å². The van der Waals surface area contributed by atoms with Crippen LogP contribution in [0.15, 0.2) is 17.3 Å². The van der Waals surface area contributed by atoms with Crippen LogP contribution in [0.2, 0.25) is 0 Å². The molecular weight excluding hydrogens is 269 g/mol. The Labute approximate surface area is 81.8 Å². The normalized spacial score (nSPS) is 10.8. The number of hydrogen-bond donors (Lipinski definition) is 1. The third-order valence-corrected chi connectivity index (χ3v) is 2.56. The molecule has 0 aliphatic heterocycles. The largest absolute Gasteiger partial charge is 0.345 e. The predicted molar refractivity (Wildman–Crippen MR) is 54.1 cm³/mol. The van der Waals surface area contributed by atoms with E-state index in [2.05, 4.69) is 32.6 Å². The topological polar surface area (TPSA) is 50.7 Å². The van der Waals surface area contributed by atoms with Gasteiger partial charge in [-0.2, -0.15) is 0 Å². The summed E-state index contributed by atoms with van der Waals surface area (Å²) in [4.78, 5) is 18.5. The first-order chi connectivity index (χ1) is 5.70. The van der Waals surface area contributed by atoms with Crippen molar-refractivity contribution in [3.63, 3.8) is 0 Å². The molecule has 0 saturated carbocycles. The molecule has 0 atom stereocenters. The maximum absolute atomic E-state index is 11.5. The van der Waals surface area contributed by atoms with E-state index in [0.717, 1.165) is 3.57 Å². The molecule has 0 aliphatic carbocycles. The van der Waals surface area contributed by atoms with Crippen molar-refractivity contribution in [1.82, 2.24) is 14.5 Å². The molecule has 0 saturated heterocycles. The van der Waals surface area contributed by atoms with Gasteiger partial charge in [-0.3, -0.25) is 4.79 Å². The summed E-state index contributed by atoms with van der Waals surface area (Å²) in [6.45, 7) is 0. The summed E-state index contributed by atoms with van der Waals surface area (Å²) < 4.78 is 2.38. The van der Waals surface area contributed by atoms with E-state index in [-0.39, 0.29) is 5.56 Å². The number of aromatic nitrogens is 3. The molecule has 2 aromatic rings. The van der Waals surface area contributed by atoms with Gasteiger partial charge in [-0.25, -0.2) is 4.98 Å². The van der Waals surface area contributed by atoms with Crippen molar-refractivity contribution in [2.45, 2.75) is 0 Å². The minimum atomic E-state index is -0.00866. The summed E-state index contributed by atoms with van der Waals surface area (Å²) in [6.07, 6.45) is 3.29. The zero-order chi connectivity index (χ0) is 8.72. The molecule has 1 N–H and O–H groups in total. The van der Waals surface area contributed by atoms with E-state index in [9.17, 15) is 4.79 Å². The lowest BCUT2D eigenvalue weighted by molar-refractivity contribution is 0.841. The van der Waals surface area contributed by atoms with E-state index in [1.807, 2.05) is 0 Å². The third-order valence-electron chi connectivity index (χ3n) is 1.71. The highest BCUT2D eigenvalue weighted by molar-refractivity contribution is 14.1. The minimum absolute atomic E-state index is 0.00866. The Bertz CT molecular complexity index is 485. The van der Waals surface area contributed by atoms with Crippen molar-refractivity contribution < 1.29 is 0 Å². The molecule has 0 unspecified atom stereocenters. The number of rotatable bonds is 0. The number of aryl methyl sites for hydroxylation is 1. The highest BCUT2D eigenvalue weighted by Gasteiger charge is 2.06. The van der Waals surface area contributed by atoms with E-state index in [4.69, 9.17) is 0 Å². The maximum atomic E-state index is 11.5. The number of halogens is 1. The van der Waals surface area contributed by atoms with Gasteiger partial charge in [0.2, 0.25) is 0 Å². The molecule has 4 nitrogen and oxygen atoms in total. The third kappa shape index (κ3) is 0.961. The highest BCUT2D eigenvalue weighted by Crippen LogP contribution is 2.12. The van der Waals surface area contributed by atoms with E-state index >= 15 is 0 Å². The second-order valence-corrected chi connectivity index (χ2v) is 3.68. The Morgan fingerprint density at radius 1 is 1.67 bits per heavy atom. The van der Waals surface area contributed by atoms with Crippen LogP contribution in [-0.4, -0.2) is 14.5 Å². The molecule has 0 bridgehead atoms. The van der Waals surface area contributed by atoms with Crippen LogP contribution >= 0.6 is 22.6 Å². The van der Waals surface area contributed by atoms with Crippen molar-refractivity contribution in [1.29, 1.82) is 0 Å². The molecule has 0 aromatic carbocycles. The standard InChI is InChI=1S/C7H6IN3O/c1-11-3-10-6-5(7(11)12)4(8)2-9-6/h2-3,9H,1H3. The summed E-state index contributed by atoms with van der Waals surface area (Å²) in [7, 11) is 1.69. The van der Waals surface area contributed by atoms with Gasteiger partial charge in [0.15, 0.2) is 0 Å². The first-order valence-electron chi connectivity index (χ1n) is 3.38. The Hall–Kier alpha value is -0.850. The molecule has 2 heterocycles. The van der Waals surface area contributed by atoms with Gasteiger partial charge in [-0.05, 0) is 22.6 Å². The molecule has 12 heavy (non-hydrogen) atoms. The van der Waals surface area contributed by atoms with Crippen molar-refractivity contribution in [2.24, 2.45) is 7.05 Å². The number of H-pyrrole nitrogens is 1. The Morgan fingerprint density at radius 2 is 2.42 bits per heavy atom. The summed E-state index contributed by atoms with van der Waals surface area (Å²) in [5.74, 6) is 0. The van der Waals surface area contributed by atoms with Crippen LogP contribution in [0.1, 0.15) is 0 Å². The average molecular weight is 275 g/mol. The fraction of sp³-hybridized carbons (Fsp3) is 0.143. The molecule has 0 spiro atoms. The second kappa shape index (κ2) is 2.58. The summed E-state index contributed by atoms with van der Waals surface area (Å²) >= 11 is 2.11. The zero-order valence-corrected chi connectivity index (χ0v) is 8.49. The SMILES string of the molecule is Cn1cnc2[nH]cc(I)c2c1=O. The minimum Gasteiger partial charge on any atom is -0.345 e. The van der Waals surface area contributed by atoms with Crippen LogP contribution < -0.4 is 5.56 Å². The number of hydrogen-bond acceptors (Lipinski definition) is 2. The van der Waals surface area contributed by atoms with Gasteiger partial charge in [0.1, 0.15) is 5.65 Å². The van der Waals surface area contributed by atoms with Gasteiger partial charge >= 0.3 is 0 Å². The number of fused-ring (bicyclic) bond motifs is 1. The summed E-state index contributed by atoms with van der Waals surface area (Å²) in [5.41, 5.74) is 0.646. The molecule has 0 amide bonds. The molecule has 5 heteroatoms. The highest BCUT2D eigenvalue weighted by atomic mass is 127. The lowest BCUT2D eigenvalue weighted by Gasteiger charge is -1.94. The van der Waals surface area contributed by atoms with Crippen LogP contribution in [0.5, 0.6) is 0 Å². The fourth-order valence-corrected chi connectivity index (χ4v) is 1.71. The Morgan fingerprint density at radius 3 is 3.17 bits per heavy atom. The smallest absolute Gasteiger partial charge is 0.263 e. The number of aromatic amines is 1. The van der Waals surface area contributed by atoms with Gasteiger partial charge in [0.05, 0.1) is 11.7 Å². The maximum Gasteiger partial charge on any atom is 0.263 e. The van der Waals surface area contributed by atoms with Crippen molar-refractivity contribution in [2.75, 3.05) is 0 Å². The average Bonchev–Trinajstić information content (AvgIpc) is 2.41. The van der Waals surface area contributed by atoms with Gasteiger partial charge in [-0.15, -0.1) is 0 Å². The second-order valence-electron chi connectivity index (χ2n) is 2.52. The van der Waals surface area contributed by atoms with Gasteiger partial charge in [-0.1, -0.05) is 0 Å². The molecule has 0 aliphatic rings. The van der Waals surface area contributed by atoms with Gasteiger partial charge < -0.3 is 9.55 Å². The van der Waals surface area contributed by atoms with E-state index in [1.54, 1.807) is 13.2 Å². The fourth-order valence-electron chi connectivity index (χ4n) is 1.07. The van der Waals surface area contributed by atoms with Gasteiger partial charge in [0.25, 0.3) is 5.56 Å². The van der Waals surface area contributed by atoms with Crippen LogP contribution in [0.4, 0.5) is 0 Å². The van der Waals surface area contributed by atoms with Crippen molar-refractivity contribution in [3.05, 3.63) is 26.4 Å². The molecule has 62 valence electrons. The lowest BCUT2D eigenvalue weighted by Crippen LogP contribution is -2.16. The Balaban J connectivity index is 3.06. The summed E-state index contributed by atoms with van der Waals surface area (Å²) in [5, 5.41) is 0.667. The monoisotopic (exact) mass is 275 g/mol. The zero-order valence-electron chi connectivity index (χ0n) is 6.34. The predicted octanol–water partition coefficient (Wildman–Crippen LogP) is 0.866. The number of nitrogens with one attached hydrogen (secondary N) is 1. The summed E-state index contributed by atoms with van der Waals surface area (Å²) in [6, 6.07) is 0. The van der Waals surface area contributed by atoms with E-state index in [1.165, 1.54) is 10.9 Å². The first kappa shape index (κ1) is 7.78. The molecule has 2 rings (SSSR count). The Kier molecular flexibility index (Phi) is 1.67. The van der Waals surface area contributed by atoms with Crippen LogP contribution in [0, 0.1) is 3.57 Å². The van der Waals surface area contributed by atoms with E-state index in [0.29, 0.717) is 11.0 Å². The van der Waals surface area contributed by atoms with Gasteiger partial charge in [0, 0.05) is 16.8 Å². The van der Waals surface area contributed by atoms with Crippen LogP contribution in [0.25, 0.3) is 11.0 Å². The molecule has 0 radical (unpaired) electrons. The van der Waals surface area contributed by atoms with Crippen LogP contribution in [0.3, 0.4) is 0 Å². The van der Waals surface area contributed by atoms with E-state index < -0.39 is 0 Å². The molecular formula is C7H6IN3O. The molecule has 0 fully saturated rings. The first-order valence-corrected chi connectivity index (χ1v) is 4.46. The lowest BCUT2D eigenvalue weighted by atomic mass is 10.4. The molecule has 2 aromatic heterocycles. The van der Waals surface area contributed by atoms with Crippen molar-refractivity contribution in [3.8, 4) is 0 Å². The quantitative estimate of drug-likeness (QED) is 0.725.